The summed E-state index contributed by atoms with van der Waals surface area (Å²) in [6.45, 7) is 0.754. The molecule has 0 saturated heterocycles. The Labute approximate surface area is 201 Å². The van der Waals surface area contributed by atoms with Gasteiger partial charge in [-0.25, -0.2) is 0 Å². The standard InChI is InChI=1S/C24H23BN4O6/c1-29(2)17-3-4-24(18-5-11-21(12-6-18)26(30)31)25(29,19-7-13-22(14-8-19)27(32)33)20-9-15-23(16-10-20)28(34)35/h4-16H,3,17H2,1-2H3. The fraction of sp³-hybridized carbons (Fsp3) is 0.167. The van der Waals surface area contributed by atoms with Crippen LogP contribution in [-0.2, 0) is 0 Å². The van der Waals surface area contributed by atoms with Crippen LogP contribution < -0.4 is 10.9 Å². The maximum atomic E-state index is 11.3. The first-order valence-corrected chi connectivity index (χ1v) is 11.0. The fourth-order valence-electron chi connectivity index (χ4n) is 5.54. The first-order chi connectivity index (χ1) is 16.6. The highest BCUT2D eigenvalue weighted by Gasteiger charge is 2.49. The zero-order valence-corrected chi connectivity index (χ0v) is 19.2. The molecule has 0 unspecified atom stereocenters. The summed E-state index contributed by atoms with van der Waals surface area (Å²) in [5.74, 6) is 0. The number of benzene rings is 3. The number of quaternary nitrogens is 1. The van der Waals surface area contributed by atoms with Crippen molar-refractivity contribution in [2.24, 2.45) is 0 Å². The average molecular weight is 474 g/mol. The summed E-state index contributed by atoms with van der Waals surface area (Å²) in [5.41, 5.74) is 3.29. The Morgan fingerprint density at radius 2 is 1.03 bits per heavy atom. The number of nitrogens with zero attached hydrogens (tertiary/aromatic N) is 4. The minimum atomic E-state index is -1.84. The van der Waals surface area contributed by atoms with Gasteiger partial charge in [0.05, 0.1) is 14.8 Å². The molecular weight excluding hydrogens is 451 g/mol. The van der Waals surface area contributed by atoms with Crippen LogP contribution >= 0.6 is 0 Å². The summed E-state index contributed by atoms with van der Waals surface area (Å²) in [5, 5.41) is 33.8. The minimum Gasteiger partial charge on any atom is -0.509 e. The van der Waals surface area contributed by atoms with Crippen LogP contribution in [0.15, 0.2) is 78.9 Å². The SMILES string of the molecule is C[N+]1(C)CCC=C(c2ccc([N+](=O)[O-])cc2)[B-]1(c1ccc([N+](=O)[O-])cc1)c1ccc([N+](=O)[O-])cc1. The molecule has 0 atom stereocenters. The van der Waals surface area contributed by atoms with Gasteiger partial charge in [-0.1, -0.05) is 42.0 Å². The number of hydrogen-bond donors (Lipinski definition) is 0. The molecule has 0 fully saturated rings. The molecule has 0 aliphatic carbocycles. The predicted molar refractivity (Wildman–Crippen MR) is 134 cm³/mol. The van der Waals surface area contributed by atoms with Crippen molar-refractivity contribution in [3.63, 3.8) is 0 Å². The van der Waals surface area contributed by atoms with Gasteiger partial charge in [0, 0.05) is 63.5 Å². The van der Waals surface area contributed by atoms with Crippen molar-refractivity contribution in [1.82, 2.24) is 0 Å². The molecule has 3 aromatic rings. The van der Waals surface area contributed by atoms with E-state index in [1.807, 2.05) is 0 Å². The number of non-ortho nitro benzene ring substituents is 3. The molecule has 0 saturated carbocycles. The zero-order valence-electron chi connectivity index (χ0n) is 19.2. The Bertz CT molecular complexity index is 1280. The van der Waals surface area contributed by atoms with Crippen LogP contribution in [-0.4, -0.2) is 46.1 Å². The quantitative estimate of drug-likeness (QED) is 0.305. The van der Waals surface area contributed by atoms with Crippen molar-refractivity contribution in [3.8, 4) is 0 Å². The lowest BCUT2D eigenvalue weighted by atomic mass is 9.20. The van der Waals surface area contributed by atoms with Crippen LogP contribution in [0.1, 0.15) is 12.0 Å². The molecule has 0 aromatic heterocycles. The van der Waals surface area contributed by atoms with Crippen molar-refractivity contribution in [3.05, 3.63) is 115 Å². The van der Waals surface area contributed by atoms with Gasteiger partial charge in [-0.15, -0.1) is 22.5 Å². The third-order valence-corrected chi connectivity index (χ3v) is 7.15. The van der Waals surface area contributed by atoms with E-state index in [1.165, 1.54) is 36.4 Å². The van der Waals surface area contributed by atoms with Gasteiger partial charge in [-0.2, -0.15) is 0 Å². The van der Waals surface area contributed by atoms with Crippen LogP contribution in [0, 0.1) is 30.3 Å². The van der Waals surface area contributed by atoms with Crippen molar-refractivity contribution in [2.75, 3.05) is 20.6 Å². The van der Waals surface area contributed by atoms with Gasteiger partial charge < -0.3 is 4.39 Å². The first-order valence-electron chi connectivity index (χ1n) is 11.0. The van der Waals surface area contributed by atoms with Crippen LogP contribution in [0.3, 0.4) is 0 Å². The molecule has 10 nitrogen and oxygen atoms in total. The first kappa shape index (κ1) is 23.8. The predicted octanol–water partition coefficient (Wildman–Crippen LogP) is 3.57. The molecule has 4 rings (SSSR count). The van der Waals surface area contributed by atoms with Crippen molar-refractivity contribution in [1.29, 1.82) is 0 Å². The van der Waals surface area contributed by atoms with E-state index in [9.17, 15) is 30.3 Å². The zero-order chi connectivity index (χ0) is 25.4. The molecule has 0 spiro atoms. The normalized spacial score (nSPS) is 16.2. The highest BCUT2D eigenvalue weighted by atomic mass is 16.6. The molecule has 178 valence electrons. The summed E-state index contributed by atoms with van der Waals surface area (Å²) >= 11 is 0. The summed E-state index contributed by atoms with van der Waals surface area (Å²) in [7, 11) is 4.14. The summed E-state index contributed by atoms with van der Waals surface area (Å²) < 4.78 is 0.485. The Kier molecular flexibility index (Phi) is 5.95. The molecule has 1 heterocycles. The smallest absolute Gasteiger partial charge is 0.291 e. The summed E-state index contributed by atoms with van der Waals surface area (Å²) in [4.78, 5) is 32.5. The lowest BCUT2D eigenvalue weighted by molar-refractivity contribution is -0.786. The second kappa shape index (κ2) is 8.77. The molecule has 0 N–H and O–H groups in total. The van der Waals surface area contributed by atoms with Gasteiger partial charge in [-0.3, -0.25) is 30.3 Å². The van der Waals surface area contributed by atoms with E-state index in [0.717, 1.165) is 34.9 Å². The lowest BCUT2D eigenvalue weighted by Gasteiger charge is -2.60. The lowest BCUT2D eigenvalue weighted by Crippen LogP contribution is -2.79. The Morgan fingerprint density at radius 1 is 0.657 bits per heavy atom. The molecule has 35 heavy (non-hydrogen) atoms. The third-order valence-electron chi connectivity index (χ3n) is 7.15. The minimum absolute atomic E-state index is 0.0253. The van der Waals surface area contributed by atoms with Crippen molar-refractivity contribution < 1.29 is 19.2 Å². The van der Waals surface area contributed by atoms with Gasteiger partial charge in [0.15, 0.2) is 0 Å². The van der Waals surface area contributed by atoms with Gasteiger partial charge in [-0.05, 0) is 0 Å². The highest BCUT2D eigenvalue weighted by Crippen LogP contribution is 2.37. The van der Waals surface area contributed by atoms with E-state index < -0.39 is 21.1 Å². The molecular formula is C24H23BN4O6. The van der Waals surface area contributed by atoms with E-state index in [-0.39, 0.29) is 17.1 Å². The van der Waals surface area contributed by atoms with Gasteiger partial charge >= 0.3 is 0 Å². The van der Waals surface area contributed by atoms with Crippen LogP contribution in [0.4, 0.5) is 17.1 Å². The van der Waals surface area contributed by atoms with E-state index >= 15 is 0 Å². The second-order valence-electron chi connectivity index (χ2n) is 9.27. The highest BCUT2D eigenvalue weighted by molar-refractivity contribution is 7.10. The molecule has 0 radical (unpaired) electrons. The number of nitro groups is 3. The fourth-order valence-corrected chi connectivity index (χ4v) is 5.54. The molecule has 1 aliphatic rings. The molecule has 0 amide bonds. The number of rotatable bonds is 6. The number of hydrogen-bond acceptors (Lipinski definition) is 6. The summed E-state index contributed by atoms with van der Waals surface area (Å²) in [6, 6.07) is 19.2. The molecule has 11 heteroatoms. The van der Waals surface area contributed by atoms with Gasteiger partial charge in [0.1, 0.15) is 0 Å². The second-order valence-corrected chi connectivity index (χ2v) is 9.27. The van der Waals surface area contributed by atoms with Crippen molar-refractivity contribution in [2.45, 2.75) is 6.42 Å². The molecule has 3 aromatic carbocycles. The Hall–Kier alpha value is -4.38. The third kappa shape index (κ3) is 3.95. The monoisotopic (exact) mass is 474 g/mol. The number of nitro benzene ring substituents is 3. The Morgan fingerprint density at radius 3 is 1.40 bits per heavy atom. The maximum Gasteiger partial charge on any atom is 0.291 e. The topological polar surface area (TPSA) is 129 Å². The van der Waals surface area contributed by atoms with E-state index in [0.29, 0.717) is 4.39 Å². The molecule has 1 aliphatic heterocycles. The van der Waals surface area contributed by atoms with Crippen LogP contribution in [0.25, 0.3) is 5.47 Å². The maximum absolute atomic E-state index is 11.3. The average Bonchev–Trinajstić information content (AvgIpc) is 2.83. The van der Waals surface area contributed by atoms with E-state index in [1.54, 1.807) is 36.4 Å². The van der Waals surface area contributed by atoms with Gasteiger partial charge in [0.25, 0.3) is 23.3 Å². The van der Waals surface area contributed by atoms with E-state index in [4.69, 9.17) is 0 Å². The van der Waals surface area contributed by atoms with E-state index in [2.05, 4.69) is 20.2 Å². The van der Waals surface area contributed by atoms with Crippen LogP contribution in [0.2, 0.25) is 0 Å². The van der Waals surface area contributed by atoms with Crippen LogP contribution in [0.5, 0.6) is 0 Å². The molecule has 0 bridgehead atoms. The summed E-state index contributed by atoms with van der Waals surface area (Å²) in [6.07, 6.45) is 1.01. The largest absolute Gasteiger partial charge is 0.509 e. The van der Waals surface area contributed by atoms with Gasteiger partial charge in [0.2, 0.25) is 0 Å². The van der Waals surface area contributed by atoms with Crippen molar-refractivity contribution >= 4 is 39.7 Å². The Balaban J connectivity index is 2.02.